The Labute approximate surface area is 164 Å². The molecule has 0 saturated carbocycles. The van der Waals surface area contributed by atoms with Crippen LogP contribution in [0.15, 0.2) is 59.4 Å². The van der Waals surface area contributed by atoms with Gasteiger partial charge < -0.3 is 4.98 Å². The minimum absolute atomic E-state index is 0.0588. The number of hydrogen-bond donors (Lipinski definition) is 1. The highest BCUT2D eigenvalue weighted by Crippen LogP contribution is 2.42. The third-order valence-corrected chi connectivity index (χ3v) is 6.23. The van der Waals surface area contributed by atoms with Crippen molar-refractivity contribution in [3.8, 4) is 11.3 Å². The predicted octanol–water partition coefficient (Wildman–Crippen LogP) is 5.04. The summed E-state index contributed by atoms with van der Waals surface area (Å²) < 4.78 is 2.24. The highest BCUT2D eigenvalue weighted by Gasteiger charge is 2.37. The summed E-state index contributed by atoms with van der Waals surface area (Å²) in [6, 6.07) is 18.6. The van der Waals surface area contributed by atoms with Crippen LogP contribution in [-0.2, 0) is 24.8 Å². The number of benzene rings is 2. The second kappa shape index (κ2) is 6.93. The van der Waals surface area contributed by atoms with Gasteiger partial charge in [0.1, 0.15) is 0 Å². The Balaban J connectivity index is 1.85. The van der Waals surface area contributed by atoms with Gasteiger partial charge in [-0.15, -0.1) is 0 Å². The van der Waals surface area contributed by atoms with Gasteiger partial charge in [0.05, 0.1) is 5.69 Å². The number of aromatic nitrogens is 2. The van der Waals surface area contributed by atoms with Crippen molar-refractivity contribution in [2.75, 3.05) is 0 Å². The smallest absolute Gasteiger partial charge is 0.258 e. The molecule has 3 aromatic rings. The van der Waals surface area contributed by atoms with Crippen molar-refractivity contribution >= 4 is 12.2 Å². The van der Waals surface area contributed by atoms with Crippen molar-refractivity contribution in [1.29, 1.82) is 0 Å². The third kappa shape index (κ3) is 3.08. The second-order valence-electron chi connectivity index (χ2n) is 7.62. The van der Waals surface area contributed by atoms with E-state index in [-0.39, 0.29) is 11.0 Å². The fraction of sp³-hybridized carbons (Fsp3) is 0.304. The lowest BCUT2D eigenvalue weighted by Crippen LogP contribution is -2.39. The summed E-state index contributed by atoms with van der Waals surface area (Å²) in [5.41, 5.74) is 5.26. The molecule has 0 fully saturated rings. The number of nitrogens with zero attached hydrogens (tertiary/aromatic N) is 1. The fourth-order valence-electron chi connectivity index (χ4n) is 4.15. The largest absolute Gasteiger partial charge is 0.331 e. The van der Waals surface area contributed by atoms with Crippen molar-refractivity contribution < 1.29 is 0 Å². The van der Waals surface area contributed by atoms with Crippen molar-refractivity contribution in [2.45, 2.75) is 45.1 Å². The molecule has 1 unspecified atom stereocenters. The monoisotopic (exact) mass is 376 g/mol. The van der Waals surface area contributed by atoms with E-state index >= 15 is 0 Å². The maximum atomic E-state index is 13.5. The fourth-order valence-corrected chi connectivity index (χ4v) is 4.43. The molecule has 1 aliphatic rings. The third-order valence-electron chi connectivity index (χ3n) is 5.90. The summed E-state index contributed by atoms with van der Waals surface area (Å²) in [4.78, 5) is 16.9. The molecule has 1 heterocycles. The lowest BCUT2D eigenvalue weighted by Gasteiger charge is -2.35. The lowest BCUT2D eigenvalue weighted by molar-refractivity contribution is 0.433. The molecular weight excluding hydrogens is 352 g/mol. The molecule has 0 spiro atoms. The first-order valence-electron chi connectivity index (χ1n) is 9.53. The molecule has 0 radical (unpaired) electrons. The lowest BCUT2D eigenvalue weighted by atomic mass is 9.69. The van der Waals surface area contributed by atoms with E-state index in [1.165, 1.54) is 11.1 Å². The van der Waals surface area contributed by atoms with Crippen LogP contribution in [0.3, 0.4) is 0 Å². The van der Waals surface area contributed by atoms with Crippen molar-refractivity contribution in [3.63, 3.8) is 0 Å². The summed E-state index contributed by atoms with van der Waals surface area (Å²) in [6.45, 7) is 4.95. The maximum Gasteiger partial charge on any atom is 0.258 e. The van der Waals surface area contributed by atoms with E-state index in [0.717, 1.165) is 36.1 Å². The minimum atomic E-state index is -0.186. The standard InChI is InChI=1S/C23H24N2OS/c1-3-23(2)15-17-11-7-8-12-18(17)20-19(23)21(26)25(22(27)24-20)14-13-16-9-5-4-6-10-16/h4-12H,3,13-15H2,1-2H3,(H,24,27). The Morgan fingerprint density at radius 3 is 2.56 bits per heavy atom. The molecule has 3 nitrogen and oxygen atoms in total. The average molecular weight is 377 g/mol. The molecule has 1 aromatic heterocycles. The van der Waals surface area contributed by atoms with E-state index in [1.807, 2.05) is 24.3 Å². The number of fused-ring (bicyclic) bond motifs is 3. The number of hydrogen-bond acceptors (Lipinski definition) is 2. The van der Waals surface area contributed by atoms with Gasteiger partial charge in [-0.2, -0.15) is 0 Å². The van der Waals surface area contributed by atoms with Crippen LogP contribution in [0.2, 0.25) is 0 Å². The Hall–Kier alpha value is -2.46. The summed E-state index contributed by atoms with van der Waals surface area (Å²) in [6.07, 6.45) is 2.58. The van der Waals surface area contributed by atoms with Gasteiger partial charge in [0.25, 0.3) is 5.56 Å². The number of aromatic amines is 1. The maximum absolute atomic E-state index is 13.5. The highest BCUT2D eigenvalue weighted by molar-refractivity contribution is 7.71. The van der Waals surface area contributed by atoms with Gasteiger partial charge in [0, 0.05) is 23.1 Å². The van der Waals surface area contributed by atoms with Gasteiger partial charge in [0.15, 0.2) is 4.77 Å². The summed E-state index contributed by atoms with van der Waals surface area (Å²) in [7, 11) is 0. The van der Waals surface area contributed by atoms with Crippen LogP contribution < -0.4 is 5.56 Å². The second-order valence-corrected chi connectivity index (χ2v) is 8.01. The minimum Gasteiger partial charge on any atom is -0.331 e. The topological polar surface area (TPSA) is 37.8 Å². The Kier molecular flexibility index (Phi) is 4.60. The van der Waals surface area contributed by atoms with Crippen LogP contribution in [0.4, 0.5) is 0 Å². The van der Waals surface area contributed by atoms with E-state index in [0.29, 0.717) is 11.3 Å². The number of aryl methyl sites for hydroxylation is 1. The zero-order chi connectivity index (χ0) is 19.0. The van der Waals surface area contributed by atoms with Gasteiger partial charge in [-0.05, 0) is 42.6 Å². The first-order valence-corrected chi connectivity index (χ1v) is 9.94. The quantitative estimate of drug-likeness (QED) is 0.648. The molecule has 138 valence electrons. The van der Waals surface area contributed by atoms with Crippen LogP contribution in [-0.4, -0.2) is 9.55 Å². The summed E-state index contributed by atoms with van der Waals surface area (Å²) in [5.74, 6) is 0. The number of nitrogens with one attached hydrogen (secondary N) is 1. The molecule has 0 bridgehead atoms. The van der Waals surface area contributed by atoms with Crippen LogP contribution in [0.1, 0.15) is 37.0 Å². The first kappa shape index (κ1) is 17.9. The molecule has 4 rings (SSSR count). The molecule has 1 aliphatic carbocycles. The average Bonchev–Trinajstić information content (AvgIpc) is 2.68. The zero-order valence-corrected chi connectivity index (χ0v) is 16.6. The highest BCUT2D eigenvalue weighted by atomic mass is 32.1. The first-order chi connectivity index (χ1) is 13.0. The van der Waals surface area contributed by atoms with Crippen LogP contribution in [0, 0.1) is 4.77 Å². The molecule has 1 atom stereocenters. The molecular formula is C23H24N2OS. The van der Waals surface area contributed by atoms with E-state index in [1.54, 1.807) is 4.57 Å². The van der Waals surface area contributed by atoms with Gasteiger partial charge in [-0.3, -0.25) is 9.36 Å². The molecule has 2 aromatic carbocycles. The Morgan fingerprint density at radius 2 is 1.81 bits per heavy atom. The van der Waals surface area contributed by atoms with Crippen LogP contribution in [0.25, 0.3) is 11.3 Å². The molecule has 4 heteroatoms. The van der Waals surface area contributed by atoms with Crippen molar-refractivity contribution in [3.05, 3.63) is 86.4 Å². The SMILES string of the molecule is CCC1(C)Cc2ccccc2-c2[nH]c(=S)n(CCc3ccccc3)c(=O)c21. The number of rotatable bonds is 4. The summed E-state index contributed by atoms with van der Waals surface area (Å²) >= 11 is 5.59. The van der Waals surface area contributed by atoms with Gasteiger partial charge in [-0.1, -0.05) is 68.4 Å². The van der Waals surface area contributed by atoms with Crippen LogP contribution in [0.5, 0.6) is 0 Å². The van der Waals surface area contributed by atoms with E-state index in [9.17, 15) is 4.79 Å². The van der Waals surface area contributed by atoms with Gasteiger partial charge in [-0.25, -0.2) is 0 Å². The van der Waals surface area contributed by atoms with E-state index in [4.69, 9.17) is 12.2 Å². The van der Waals surface area contributed by atoms with Gasteiger partial charge >= 0.3 is 0 Å². The molecule has 27 heavy (non-hydrogen) atoms. The predicted molar refractivity (Wildman–Crippen MR) is 113 cm³/mol. The molecule has 1 N–H and O–H groups in total. The molecule has 0 aliphatic heterocycles. The van der Waals surface area contributed by atoms with Crippen LogP contribution >= 0.6 is 12.2 Å². The van der Waals surface area contributed by atoms with Gasteiger partial charge in [0.2, 0.25) is 0 Å². The summed E-state index contributed by atoms with van der Waals surface area (Å²) in [5, 5.41) is 0. The molecule has 0 amide bonds. The Bertz CT molecular complexity index is 1100. The van der Waals surface area contributed by atoms with E-state index < -0.39 is 0 Å². The Morgan fingerprint density at radius 1 is 1.11 bits per heavy atom. The van der Waals surface area contributed by atoms with Crippen molar-refractivity contribution in [1.82, 2.24) is 9.55 Å². The van der Waals surface area contributed by atoms with E-state index in [2.05, 4.69) is 49.2 Å². The molecule has 0 saturated heterocycles. The number of H-pyrrole nitrogens is 1. The normalized spacial score (nSPS) is 18.0. The van der Waals surface area contributed by atoms with Crippen molar-refractivity contribution in [2.24, 2.45) is 0 Å². The zero-order valence-electron chi connectivity index (χ0n) is 15.8.